The van der Waals surface area contributed by atoms with Crippen LogP contribution in [-0.2, 0) is 19.2 Å². The summed E-state index contributed by atoms with van der Waals surface area (Å²) in [7, 11) is 0. The highest BCUT2D eigenvalue weighted by atomic mass is 19.4. The van der Waals surface area contributed by atoms with Gasteiger partial charge < -0.3 is 26.0 Å². The summed E-state index contributed by atoms with van der Waals surface area (Å²) in [4.78, 5) is 65.0. The Hall–Kier alpha value is -3.33. The van der Waals surface area contributed by atoms with Gasteiger partial charge in [-0.2, -0.15) is 13.2 Å². The van der Waals surface area contributed by atoms with Crippen LogP contribution in [0.5, 0.6) is 0 Å². The highest BCUT2D eigenvalue weighted by Crippen LogP contribution is 2.43. The third-order valence-corrected chi connectivity index (χ3v) is 11.3. The molecule has 52 heavy (non-hydrogen) atoms. The van der Waals surface area contributed by atoms with Crippen LogP contribution in [-0.4, -0.2) is 92.6 Å². The number of aromatic nitrogens is 2. The largest absolute Gasteiger partial charge is 0.409 e. The Balaban J connectivity index is 1.39. The number of nitrogens with one attached hydrogen (secondary N) is 4. The molecule has 1 unspecified atom stereocenters. The zero-order valence-corrected chi connectivity index (χ0v) is 30.8. The summed E-state index contributed by atoms with van der Waals surface area (Å²) in [5.41, 5.74) is -1.24. The first kappa shape index (κ1) is 39.9. The van der Waals surface area contributed by atoms with Crippen LogP contribution in [0, 0.1) is 23.2 Å². The molecule has 0 bridgehead atoms. The van der Waals surface area contributed by atoms with Crippen molar-refractivity contribution in [1.29, 1.82) is 0 Å². The molecule has 12 nitrogen and oxygen atoms in total. The number of amides is 4. The number of fused-ring (bicyclic) bond motifs is 1. The van der Waals surface area contributed by atoms with E-state index in [1.54, 1.807) is 20.8 Å². The number of hydrogen-bond donors (Lipinski definition) is 5. The first-order chi connectivity index (χ1) is 24.6. The fourth-order valence-corrected chi connectivity index (χ4v) is 8.38. The van der Waals surface area contributed by atoms with Gasteiger partial charge in [-0.25, -0.2) is 0 Å². The van der Waals surface area contributed by atoms with Crippen LogP contribution >= 0.6 is 0 Å². The number of aliphatic hydroxyl groups excluding tert-OH is 1. The van der Waals surface area contributed by atoms with Crippen molar-refractivity contribution in [3.05, 3.63) is 24.3 Å². The standard InChI is InChI=1S/C37H56F3N7O5/c1-5-10-25(29(48)34(51)43-23-15-16-23)44-33(50)28-24-14-9-13-22(24)20-47(28)35(52)31(36(2,3)4)46-32(49)27(21-11-7-6-8-12-21)45-30(37(38,39)40)26-19-41-17-18-42-26/h17-19,21-25,27-31,45,48H,5-16,20H2,1-4H3,(H,43,51)(H,44,50)(H,46,49)/t22-,24-,25-,27-,28-,29?,30-,31+/m0/s1. The number of carbonyl (C=O) groups is 4. The molecule has 0 aromatic carbocycles. The highest BCUT2D eigenvalue weighted by Gasteiger charge is 2.53. The minimum absolute atomic E-state index is 0.0335. The summed E-state index contributed by atoms with van der Waals surface area (Å²) in [5.74, 6) is -2.70. The average molecular weight is 736 g/mol. The molecule has 1 aliphatic heterocycles. The minimum Gasteiger partial charge on any atom is -0.381 e. The Morgan fingerprint density at radius 1 is 0.942 bits per heavy atom. The number of carbonyl (C=O) groups excluding carboxylic acids is 4. The van der Waals surface area contributed by atoms with E-state index in [-0.39, 0.29) is 23.6 Å². The van der Waals surface area contributed by atoms with Gasteiger partial charge >= 0.3 is 6.18 Å². The van der Waals surface area contributed by atoms with E-state index >= 15 is 0 Å². The van der Waals surface area contributed by atoms with Crippen molar-refractivity contribution in [2.75, 3.05) is 6.54 Å². The molecule has 290 valence electrons. The zero-order chi connectivity index (χ0) is 37.8. The lowest BCUT2D eigenvalue weighted by atomic mass is 9.81. The van der Waals surface area contributed by atoms with Crippen molar-refractivity contribution >= 4 is 23.6 Å². The quantitative estimate of drug-likeness (QED) is 0.193. The molecule has 1 aromatic heterocycles. The van der Waals surface area contributed by atoms with E-state index in [0.29, 0.717) is 32.2 Å². The van der Waals surface area contributed by atoms with Gasteiger partial charge in [0.25, 0.3) is 5.91 Å². The molecule has 2 heterocycles. The molecule has 4 amide bonds. The Labute approximate surface area is 304 Å². The maximum absolute atomic E-state index is 14.7. The van der Waals surface area contributed by atoms with Gasteiger partial charge in [-0.15, -0.1) is 0 Å². The highest BCUT2D eigenvalue weighted by molar-refractivity contribution is 5.94. The lowest BCUT2D eigenvalue weighted by molar-refractivity contribution is -0.163. The van der Waals surface area contributed by atoms with Gasteiger partial charge in [0.1, 0.15) is 18.1 Å². The summed E-state index contributed by atoms with van der Waals surface area (Å²) >= 11 is 0. The van der Waals surface area contributed by atoms with Crippen LogP contribution in [0.2, 0.25) is 0 Å². The molecule has 1 aromatic rings. The van der Waals surface area contributed by atoms with Crippen LogP contribution < -0.4 is 21.3 Å². The van der Waals surface area contributed by atoms with Crippen molar-refractivity contribution in [3.8, 4) is 0 Å². The molecular formula is C37H56F3N7O5. The Bertz CT molecular complexity index is 1400. The van der Waals surface area contributed by atoms with Crippen LogP contribution in [0.3, 0.4) is 0 Å². The number of aliphatic hydroxyl groups is 1. The lowest BCUT2D eigenvalue weighted by Gasteiger charge is -2.39. The minimum atomic E-state index is -4.78. The summed E-state index contributed by atoms with van der Waals surface area (Å²) in [6, 6.07) is -6.41. The molecule has 0 spiro atoms. The van der Waals surface area contributed by atoms with Gasteiger partial charge in [0.05, 0.1) is 24.0 Å². The van der Waals surface area contributed by atoms with Gasteiger partial charge in [-0.1, -0.05) is 59.8 Å². The van der Waals surface area contributed by atoms with Crippen molar-refractivity contribution in [2.45, 2.75) is 153 Å². The summed E-state index contributed by atoms with van der Waals surface area (Å²) in [6.07, 6.45) is 5.87. The van der Waals surface area contributed by atoms with Crippen molar-refractivity contribution in [3.63, 3.8) is 0 Å². The fraction of sp³-hybridized carbons (Fsp3) is 0.784. The van der Waals surface area contributed by atoms with Crippen LogP contribution in [0.25, 0.3) is 0 Å². The van der Waals surface area contributed by atoms with Gasteiger partial charge in [0.15, 0.2) is 6.10 Å². The first-order valence-corrected chi connectivity index (χ1v) is 19.1. The summed E-state index contributed by atoms with van der Waals surface area (Å²) in [5, 5.41) is 22.1. The Morgan fingerprint density at radius 2 is 1.65 bits per heavy atom. The molecule has 0 radical (unpaired) electrons. The molecule has 4 fully saturated rings. The maximum Gasteiger partial charge on any atom is 0.409 e. The number of alkyl halides is 3. The maximum atomic E-state index is 14.7. The second-order valence-electron chi connectivity index (χ2n) is 16.4. The molecule has 1 saturated heterocycles. The molecular weight excluding hydrogens is 679 g/mol. The van der Waals surface area contributed by atoms with E-state index in [4.69, 9.17) is 0 Å². The summed E-state index contributed by atoms with van der Waals surface area (Å²) < 4.78 is 43.5. The van der Waals surface area contributed by atoms with Gasteiger partial charge in [-0.05, 0) is 68.1 Å². The molecule has 3 aliphatic carbocycles. The Morgan fingerprint density at radius 3 is 2.25 bits per heavy atom. The van der Waals surface area contributed by atoms with Crippen molar-refractivity contribution < 1.29 is 37.5 Å². The van der Waals surface area contributed by atoms with Crippen molar-refractivity contribution in [1.82, 2.24) is 36.1 Å². The molecule has 5 N–H and O–H groups in total. The molecule has 15 heteroatoms. The Kier molecular flexibility index (Phi) is 12.9. The number of rotatable bonds is 14. The molecule has 4 aliphatic rings. The van der Waals surface area contributed by atoms with E-state index in [0.717, 1.165) is 57.6 Å². The van der Waals surface area contributed by atoms with E-state index in [2.05, 4.69) is 31.2 Å². The van der Waals surface area contributed by atoms with E-state index in [9.17, 15) is 37.5 Å². The predicted octanol–water partition coefficient (Wildman–Crippen LogP) is 3.70. The summed E-state index contributed by atoms with van der Waals surface area (Å²) in [6.45, 7) is 7.50. The van der Waals surface area contributed by atoms with Crippen LogP contribution in [0.1, 0.15) is 116 Å². The number of halogens is 3. The second-order valence-corrected chi connectivity index (χ2v) is 16.4. The van der Waals surface area contributed by atoms with E-state index in [1.807, 2.05) is 6.92 Å². The zero-order valence-electron chi connectivity index (χ0n) is 30.8. The second kappa shape index (κ2) is 16.8. The predicted molar refractivity (Wildman–Crippen MR) is 186 cm³/mol. The smallest absolute Gasteiger partial charge is 0.381 e. The van der Waals surface area contributed by atoms with Crippen molar-refractivity contribution in [2.24, 2.45) is 23.2 Å². The third-order valence-electron chi connectivity index (χ3n) is 11.3. The number of hydrogen-bond acceptors (Lipinski definition) is 8. The topological polar surface area (TPSA) is 166 Å². The number of likely N-dealkylation sites (tertiary alicyclic amines) is 1. The third kappa shape index (κ3) is 9.61. The normalized spacial score (nSPS) is 25.4. The fourth-order valence-electron chi connectivity index (χ4n) is 8.38. The van der Waals surface area contributed by atoms with Crippen LogP contribution in [0.4, 0.5) is 13.2 Å². The molecule has 5 rings (SSSR count). The SMILES string of the molecule is CCC[C@H](NC(=O)[C@@H]1[C@H]2CCC[C@H]2CN1C(=O)[C@@H](NC(=O)[C@@H](N[C@@H](c1cnccn1)C(F)(F)F)C1CCCCC1)C(C)(C)C)C(O)C(=O)NC1CC1. The average Bonchev–Trinajstić information content (AvgIpc) is 3.66. The van der Waals surface area contributed by atoms with E-state index < -0.39 is 77.5 Å². The first-order valence-electron chi connectivity index (χ1n) is 19.1. The molecule has 8 atom stereocenters. The number of nitrogens with zero attached hydrogens (tertiary/aromatic N) is 3. The van der Waals surface area contributed by atoms with Gasteiger partial charge in [0.2, 0.25) is 17.7 Å². The van der Waals surface area contributed by atoms with Crippen LogP contribution in [0.15, 0.2) is 18.6 Å². The van der Waals surface area contributed by atoms with E-state index in [1.165, 1.54) is 17.3 Å². The monoisotopic (exact) mass is 735 g/mol. The van der Waals surface area contributed by atoms with Gasteiger partial charge in [-0.3, -0.25) is 34.5 Å². The lowest BCUT2D eigenvalue weighted by Crippen LogP contribution is -2.62. The van der Waals surface area contributed by atoms with Gasteiger partial charge in [0, 0.05) is 25.0 Å². The molecule has 3 saturated carbocycles.